The van der Waals surface area contributed by atoms with Gasteiger partial charge in [0.05, 0.1) is 17.7 Å². The molecule has 0 bridgehead atoms. The van der Waals surface area contributed by atoms with Crippen LogP contribution < -0.4 is 10.9 Å². The number of nitrogens with one attached hydrogen (secondary N) is 1. The molecule has 0 saturated heterocycles. The molecule has 2 aromatic carbocycles. The van der Waals surface area contributed by atoms with Crippen LogP contribution in [0.3, 0.4) is 0 Å². The number of rotatable bonds is 3. The highest BCUT2D eigenvalue weighted by Crippen LogP contribution is 2.34. The number of benzene rings is 2. The molecular weight excluding hydrogens is 451 g/mol. The van der Waals surface area contributed by atoms with Gasteiger partial charge >= 0.3 is 0 Å². The summed E-state index contributed by atoms with van der Waals surface area (Å²) in [6.45, 7) is 0.0568. The number of hydrogen-bond donors (Lipinski definition) is 3. The Morgan fingerprint density at radius 3 is 2.55 bits per heavy atom. The molecule has 0 atom stereocenters. The van der Waals surface area contributed by atoms with E-state index in [0.29, 0.717) is 5.56 Å². The number of pyridine rings is 2. The zero-order valence-corrected chi connectivity index (χ0v) is 17.5. The third-order valence-electron chi connectivity index (χ3n) is 5.23. The fraction of sp³-hybridized carbons (Fsp3) is 0.0455. The number of aromatic hydroxyl groups is 2. The minimum atomic E-state index is -4.30. The van der Waals surface area contributed by atoms with Gasteiger partial charge in [-0.2, -0.15) is 8.42 Å². The maximum atomic E-state index is 14.0. The second-order valence-corrected chi connectivity index (χ2v) is 8.92. The Bertz CT molecular complexity index is 1630. The van der Waals surface area contributed by atoms with E-state index < -0.39 is 38.5 Å². The first-order valence-electron chi connectivity index (χ1n) is 9.64. The number of hydrogen-bond acceptors (Lipinski definition) is 7. The van der Waals surface area contributed by atoms with Gasteiger partial charge in [0, 0.05) is 23.8 Å². The van der Waals surface area contributed by atoms with Crippen LogP contribution in [0.25, 0.3) is 10.9 Å². The summed E-state index contributed by atoms with van der Waals surface area (Å²) in [5.74, 6) is -1.94. The lowest BCUT2D eigenvalue weighted by Gasteiger charge is -2.21. The number of sulfonamides is 1. The molecular formula is C22H15FN4O5S. The number of aromatic nitrogens is 2. The van der Waals surface area contributed by atoms with Gasteiger partial charge in [0.15, 0.2) is 5.84 Å². The van der Waals surface area contributed by atoms with Crippen molar-refractivity contribution in [2.24, 2.45) is 4.40 Å². The quantitative estimate of drug-likeness (QED) is 0.395. The van der Waals surface area contributed by atoms with Gasteiger partial charge in [0.1, 0.15) is 27.8 Å². The summed E-state index contributed by atoms with van der Waals surface area (Å²) in [4.78, 5) is 17.2. The minimum absolute atomic E-state index is 0.0112. The Hall–Kier alpha value is -4.25. The Labute approximate surface area is 186 Å². The van der Waals surface area contributed by atoms with E-state index in [2.05, 4.69) is 14.7 Å². The molecule has 1 aliphatic rings. The summed E-state index contributed by atoms with van der Waals surface area (Å²) in [6, 6.07) is 10.6. The molecule has 5 rings (SSSR count). The minimum Gasteiger partial charge on any atom is -0.508 e. The first kappa shape index (κ1) is 20.6. The van der Waals surface area contributed by atoms with Gasteiger partial charge in [-0.25, -0.2) is 4.39 Å². The number of nitrogens with zero attached hydrogens (tertiary/aromatic N) is 3. The Morgan fingerprint density at radius 2 is 1.79 bits per heavy atom. The summed E-state index contributed by atoms with van der Waals surface area (Å²) in [5, 5.41) is 23.3. The molecule has 1 aliphatic heterocycles. The second kappa shape index (κ2) is 7.41. The van der Waals surface area contributed by atoms with Crippen LogP contribution in [-0.2, 0) is 16.6 Å². The van der Waals surface area contributed by atoms with Gasteiger partial charge in [0.25, 0.3) is 15.6 Å². The van der Waals surface area contributed by atoms with Crippen molar-refractivity contribution in [3.05, 3.63) is 88.2 Å². The lowest BCUT2D eigenvalue weighted by atomic mass is 10.1. The normalized spacial score (nSPS) is 14.4. The number of amidine groups is 1. The summed E-state index contributed by atoms with van der Waals surface area (Å²) in [7, 11) is -4.30. The van der Waals surface area contributed by atoms with Crippen LogP contribution >= 0.6 is 0 Å². The number of phenols is 1. The number of fused-ring (bicyclic) bond motifs is 2. The zero-order valence-electron chi connectivity index (χ0n) is 16.7. The maximum Gasteiger partial charge on any atom is 0.286 e. The highest BCUT2D eigenvalue weighted by atomic mass is 32.2. The third kappa shape index (κ3) is 3.48. The van der Waals surface area contributed by atoms with Gasteiger partial charge in [-0.1, -0.05) is 0 Å². The largest absolute Gasteiger partial charge is 0.508 e. The third-order valence-corrected chi connectivity index (χ3v) is 6.55. The Morgan fingerprint density at radius 1 is 1.03 bits per heavy atom. The number of anilines is 1. The topological polar surface area (TPSA) is 134 Å². The molecule has 0 aliphatic carbocycles. The van der Waals surface area contributed by atoms with Crippen molar-refractivity contribution >= 4 is 32.4 Å². The first-order valence-corrected chi connectivity index (χ1v) is 11.1. The molecule has 0 saturated carbocycles. The van der Waals surface area contributed by atoms with Gasteiger partial charge < -0.3 is 20.1 Å². The molecule has 11 heteroatoms. The molecule has 0 amide bonds. The molecule has 3 heterocycles. The van der Waals surface area contributed by atoms with E-state index >= 15 is 0 Å². The van der Waals surface area contributed by atoms with Crippen molar-refractivity contribution in [1.29, 1.82) is 0 Å². The van der Waals surface area contributed by atoms with Gasteiger partial charge in [-0.15, -0.1) is 4.40 Å². The van der Waals surface area contributed by atoms with Crippen LogP contribution in [0.5, 0.6) is 11.5 Å². The highest BCUT2D eigenvalue weighted by molar-refractivity contribution is 7.90. The molecule has 166 valence electrons. The van der Waals surface area contributed by atoms with Gasteiger partial charge in [-0.3, -0.25) is 9.78 Å². The molecule has 4 aromatic rings. The predicted octanol–water partition coefficient (Wildman–Crippen LogP) is 2.56. The molecule has 3 N–H and O–H groups in total. The standard InChI is InChI=1S/C22H15FN4O5S/c23-13-1-4-17-15(9-13)20(29)19(22(30)27(17)11-12-5-7-24-8-6-12)21-25-16-3-2-14(28)10-18(16)33(31,32)26-21/h1-10,28-29H,11H2,(H,25,26). The van der Waals surface area contributed by atoms with E-state index in [-0.39, 0.29) is 33.8 Å². The Balaban J connectivity index is 1.78. The fourth-order valence-electron chi connectivity index (χ4n) is 3.71. The van der Waals surface area contributed by atoms with Crippen LogP contribution in [-0.4, -0.2) is 34.0 Å². The molecule has 33 heavy (non-hydrogen) atoms. The van der Waals surface area contributed by atoms with Crippen molar-refractivity contribution in [1.82, 2.24) is 9.55 Å². The van der Waals surface area contributed by atoms with E-state index in [0.717, 1.165) is 18.2 Å². The smallest absolute Gasteiger partial charge is 0.286 e. The summed E-state index contributed by atoms with van der Waals surface area (Å²) < 4.78 is 44.4. The first-order chi connectivity index (χ1) is 15.7. The molecule has 0 fully saturated rings. The van der Waals surface area contributed by atoms with Crippen LogP contribution in [0.1, 0.15) is 11.1 Å². The SMILES string of the molecule is O=c1c(C2=NS(=O)(=O)c3cc(O)ccc3N2)c(O)c2cc(F)ccc2n1Cc1ccncc1. The lowest BCUT2D eigenvalue weighted by Crippen LogP contribution is -2.33. The number of phenolic OH excluding ortho intramolecular Hbond substituents is 1. The molecule has 0 spiro atoms. The summed E-state index contributed by atoms with van der Waals surface area (Å²) in [5.41, 5.74) is -0.126. The van der Waals surface area contributed by atoms with Crippen molar-refractivity contribution in [2.45, 2.75) is 11.4 Å². The zero-order chi connectivity index (χ0) is 23.3. The van der Waals surface area contributed by atoms with E-state index in [1.165, 1.54) is 22.8 Å². The highest BCUT2D eigenvalue weighted by Gasteiger charge is 2.30. The number of halogens is 1. The average Bonchev–Trinajstić information content (AvgIpc) is 2.78. The maximum absolute atomic E-state index is 14.0. The fourth-order valence-corrected chi connectivity index (χ4v) is 4.85. The van der Waals surface area contributed by atoms with Crippen molar-refractivity contribution in [3.8, 4) is 11.5 Å². The van der Waals surface area contributed by atoms with Crippen LogP contribution in [0.2, 0.25) is 0 Å². The predicted molar refractivity (Wildman–Crippen MR) is 119 cm³/mol. The van der Waals surface area contributed by atoms with Crippen molar-refractivity contribution in [2.75, 3.05) is 5.32 Å². The van der Waals surface area contributed by atoms with E-state index in [1.54, 1.807) is 24.5 Å². The van der Waals surface area contributed by atoms with Crippen LogP contribution in [0, 0.1) is 5.82 Å². The summed E-state index contributed by atoms with van der Waals surface area (Å²) >= 11 is 0. The van der Waals surface area contributed by atoms with Crippen LogP contribution in [0.15, 0.2) is 75.0 Å². The summed E-state index contributed by atoms with van der Waals surface area (Å²) in [6.07, 6.45) is 3.10. The van der Waals surface area contributed by atoms with E-state index in [1.807, 2.05) is 0 Å². The van der Waals surface area contributed by atoms with E-state index in [4.69, 9.17) is 0 Å². The Kier molecular flexibility index (Phi) is 4.64. The second-order valence-electron chi connectivity index (χ2n) is 7.35. The van der Waals surface area contributed by atoms with E-state index in [9.17, 15) is 27.8 Å². The monoisotopic (exact) mass is 466 g/mol. The van der Waals surface area contributed by atoms with Crippen molar-refractivity contribution < 1.29 is 23.0 Å². The molecule has 0 unspecified atom stereocenters. The van der Waals surface area contributed by atoms with Gasteiger partial charge in [0.2, 0.25) is 0 Å². The van der Waals surface area contributed by atoms with Crippen LogP contribution in [0.4, 0.5) is 10.1 Å². The molecule has 2 aromatic heterocycles. The molecule has 0 radical (unpaired) electrons. The average molecular weight is 466 g/mol. The van der Waals surface area contributed by atoms with Gasteiger partial charge in [-0.05, 0) is 48.0 Å². The lowest BCUT2D eigenvalue weighted by molar-refractivity contribution is 0.473. The van der Waals surface area contributed by atoms with Crippen molar-refractivity contribution in [3.63, 3.8) is 0 Å². The molecule has 9 nitrogen and oxygen atoms in total.